The van der Waals surface area contributed by atoms with E-state index in [0.29, 0.717) is 16.3 Å². The highest BCUT2D eigenvalue weighted by molar-refractivity contribution is 7.80. The van der Waals surface area contributed by atoms with E-state index in [0.717, 1.165) is 5.56 Å². The Balaban J connectivity index is 2.31. The highest BCUT2D eigenvalue weighted by atomic mass is 35.5. The van der Waals surface area contributed by atoms with E-state index in [-0.39, 0.29) is 16.3 Å². The molecule has 0 bridgehead atoms. The van der Waals surface area contributed by atoms with E-state index in [1.165, 1.54) is 6.07 Å². The normalized spacial score (nSPS) is 10.2. The van der Waals surface area contributed by atoms with Crippen molar-refractivity contribution in [3.8, 4) is 5.75 Å². The number of aromatic hydroxyl groups is 1. The first-order valence-electron chi connectivity index (χ1n) is 6.09. The molecule has 2 aromatic rings. The van der Waals surface area contributed by atoms with Gasteiger partial charge in [-0.1, -0.05) is 36.0 Å². The number of phenolic OH excluding ortho intramolecular Hbond substituents is 1. The van der Waals surface area contributed by atoms with Crippen LogP contribution in [0, 0.1) is 6.92 Å². The van der Waals surface area contributed by atoms with Crippen molar-refractivity contribution in [3.05, 3.63) is 58.1 Å². The molecule has 0 aliphatic carbocycles. The van der Waals surface area contributed by atoms with E-state index < -0.39 is 5.91 Å². The molecule has 108 valence electrons. The lowest BCUT2D eigenvalue weighted by Crippen LogP contribution is -2.14. The third kappa shape index (κ3) is 3.51. The molecule has 0 atom stereocenters. The first kappa shape index (κ1) is 15.3. The number of carbonyl (C=O) groups excluding carboxylic acids is 1. The fourth-order valence-electron chi connectivity index (χ4n) is 1.80. The van der Waals surface area contributed by atoms with Crippen LogP contribution in [0.3, 0.4) is 0 Å². The maximum atomic E-state index is 12.2. The topological polar surface area (TPSA) is 75.4 Å². The summed E-state index contributed by atoms with van der Waals surface area (Å²) in [7, 11) is 0. The lowest BCUT2D eigenvalue weighted by molar-refractivity contribution is 0.102. The molecule has 0 saturated carbocycles. The second-order valence-corrected chi connectivity index (χ2v) is 5.38. The van der Waals surface area contributed by atoms with Crippen molar-refractivity contribution >= 4 is 40.4 Å². The van der Waals surface area contributed by atoms with Crippen LogP contribution in [-0.2, 0) is 0 Å². The number of phenols is 1. The van der Waals surface area contributed by atoms with Crippen molar-refractivity contribution in [2.75, 3.05) is 5.32 Å². The third-order valence-electron chi connectivity index (χ3n) is 2.90. The van der Waals surface area contributed by atoms with Gasteiger partial charge in [-0.2, -0.15) is 0 Å². The molecule has 0 fully saturated rings. The van der Waals surface area contributed by atoms with Gasteiger partial charge in [-0.25, -0.2) is 0 Å². The summed E-state index contributed by atoms with van der Waals surface area (Å²) in [4.78, 5) is 12.4. The van der Waals surface area contributed by atoms with Crippen molar-refractivity contribution in [1.82, 2.24) is 0 Å². The zero-order valence-corrected chi connectivity index (χ0v) is 12.8. The van der Waals surface area contributed by atoms with Gasteiger partial charge in [-0.15, -0.1) is 0 Å². The van der Waals surface area contributed by atoms with Crippen molar-refractivity contribution in [2.45, 2.75) is 6.92 Å². The number of carbonyl (C=O) groups is 1. The number of hydrogen-bond acceptors (Lipinski definition) is 3. The van der Waals surface area contributed by atoms with Crippen LogP contribution in [0.1, 0.15) is 21.5 Å². The van der Waals surface area contributed by atoms with E-state index >= 15 is 0 Å². The number of thiocarbonyl (C=S) groups is 1. The van der Waals surface area contributed by atoms with E-state index in [1.54, 1.807) is 30.3 Å². The van der Waals surface area contributed by atoms with Crippen LogP contribution in [0.15, 0.2) is 36.4 Å². The lowest BCUT2D eigenvalue weighted by atomic mass is 10.1. The Labute approximate surface area is 132 Å². The maximum absolute atomic E-state index is 12.2. The number of aryl methyl sites for hydroxylation is 1. The van der Waals surface area contributed by atoms with E-state index in [4.69, 9.17) is 29.6 Å². The molecule has 2 rings (SSSR count). The van der Waals surface area contributed by atoms with Crippen LogP contribution in [0.5, 0.6) is 5.75 Å². The first-order valence-corrected chi connectivity index (χ1v) is 6.87. The van der Waals surface area contributed by atoms with Gasteiger partial charge in [0.1, 0.15) is 10.7 Å². The number of benzene rings is 2. The van der Waals surface area contributed by atoms with Crippen LogP contribution < -0.4 is 11.1 Å². The van der Waals surface area contributed by atoms with Gasteiger partial charge in [-0.3, -0.25) is 4.79 Å². The Morgan fingerprint density at radius 2 is 2.00 bits per heavy atom. The van der Waals surface area contributed by atoms with E-state index in [9.17, 15) is 9.90 Å². The van der Waals surface area contributed by atoms with Gasteiger partial charge in [0, 0.05) is 5.56 Å². The summed E-state index contributed by atoms with van der Waals surface area (Å²) >= 11 is 10.9. The van der Waals surface area contributed by atoms with Crippen molar-refractivity contribution in [1.29, 1.82) is 0 Å². The van der Waals surface area contributed by atoms with Gasteiger partial charge in [0.25, 0.3) is 5.91 Å². The number of rotatable bonds is 3. The molecule has 0 aromatic heterocycles. The molecule has 0 aliphatic heterocycles. The zero-order chi connectivity index (χ0) is 15.6. The molecule has 0 spiro atoms. The molecule has 0 heterocycles. The average Bonchev–Trinajstić information content (AvgIpc) is 2.40. The van der Waals surface area contributed by atoms with Crippen LogP contribution in [0.2, 0.25) is 5.02 Å². The van der Waals surface area contributed by atoms with Gasteiger partial charge in [-0.05, 0) is 36.8 Å². The second-order valence-electron chi connectivity index (χ2n) is 4.53. The summed E-state index contributed by atoms with van der Waals surface area (Å²) in [5.74, 6) is -0.552. The smallest absolute Gasteiger partial charge is 0.259 e. The first-order chi connectivity index (χ1) is 9.88. The molecule has 21 heavy (non-hydrogen) atoms. The van der Waals surface area contributed by atoms with E-state index in [1.807, 2.05) is 6.92 Å². The summed E-state index contributed by atoms with van der Waals surface area (Å²) in [6, 6.07) is 9.66. The molecule has 1 amide bonds. The molecule has 6 heteroatoms. The predicted octanol–water partition coefficient (Wildman–Crippen LogP) is 3.24. The molecule has 0 saturated heterocycles. The van der Waals surface area contributed by atoms with Crippen molar-refractivity contribution < 1.29 is 9.90 Å². The predicted molar refractivity (Wildman–Crippen MR) is 88.1 cm³/mol. The van der Waals surface area contributed by atoms with Gasteiger partial charge >= 0.3 is 0 Å². The number of hydrogen-bond donors (Lipinski definition) is 3. The van der Waals surface area contributed by atoms with Gasteiger partial charge in [0.2, 0.25) is 0 Å². The third-order valence-corrected chi connectivity index (χ3v) is 3.46. The maximum Gasteiger partial charge on any atom is 0.259 e. The van der Waals surface area contributed by atoms with Crippen LogP contribution in [0.4, 0.5) is 5.69 Å². The fourth-order valence-corrected chi connectivity index (χ4v) is 2.09. The molecule has 4 nitrogen and oxygen atoms in total. The van der Waals surface area contributed by atoms with Gasteiger partial charge in [0.05, 0.1) is 16.3 Å². The largest absolute Gasteiger partial charge is 0.507 e. The molecule has 2 aromatic carbocycles. The SMILES string of the molecule is Cc1ccc(C(=O)Nc2cc(C(N)=S)ccc2Cl)c(O)c1. The minimum atomic E-state index is -0.463. The quantitative estimate of drug-likeness (QED) is 0.759. The number of halogens is 1. The minimum absolute atomic E-state index is 0.0888. The van der Waals surface area contributed by atoms with Crippen molar-refractivity contribution in [3.63, 3.8) is 0 Å². The van der Waals surface area contributed by atoms with Crippen molar-refractivity contribution in [2.24, 2.45) is 5.73 Å². The lowest BCUT2D eigenvalue weighted by Gasteiger charge is -2.10. The van der Waals surface area contributed by atoms with Crippen LogP contribution in [-0.4, -0.2) is 16.0 Å². The van der Waals surface area contributed by atoms with Crippen LogP contribution >= 0.6 is 23.8 Å². The van der Waals surface area contributed by atoms with Gasteiger partial charge in [0.15, 0.2) is 0 Å². The highest BCUT2D eigenvalue weighted by Crippen LogP contribution is 2.25. The zero-order valence-electron chi connectivity index (χ0n) is 11.2. The summed E-state index contributed by atoms with van der Waals surface area (Å²) in [5.41, 5.74) is 7.55. The molecular formula is C15H13ClN2O2S. The number of anilines is 1. The Morgan fingerprint density at radius 1 is 1.29 bits per heavy atom. The monoisotopic (exact) mass is 320 g/mol. The second kappa shape index (κ2) is 6.11. The number of nitrogens with one attached hydrogen (secondary N) is 1. The molecule has 0 aliphatic rings. The number of amides is 1. The van der Waals surface area contributed by atoms with E-state index in [2.05, 4.69) is 5.32 Å². The summed E-state index contributed by atoms with van der Waals surface area (Å²) in [5, 5.41) is 12.8. The standard InChI is InChI=1S/C15H13ClN2O2S/c1-8-2-4-10(13(19)6-8)15(20)18-12-7-9(14(17)21)3-5-11(12)16/h2-7,19H,1H3,(H2,17,21)(H,18,20). The average molecular weight is 321 g/mol. The summed E-state index contributed by atoms with van der Waals surface area (Å²) in [6.45, 7) is 1.82. The molecule has 0 unspecified atom stereocenters. The number of nitrogens with two attached hydrogens (primary N) is 1. The van der Waals surface area contributed by atoms with Gasteiger partial charge < -0.3 is 16.2 Å². The summed E-state index contributed by atoms with van der Waals surface area (Å²) in [6.07, 6.45) is 0. The Kier molecular flexibility index (Phi) is 4.45. The molecule has 0 radical (unpaired) electrons. The molecule has 4 N–H and O–H groups in total. The fraction of sp³-hybridized carbons (Fsp3) is 0.0667. The Hall–Kier alpha value is -2.11. The Morgan fingerprint density at radius 3 is 2.62 bits per heavy atom. The molecular weight excluding hydrogens is 308 g/mol. The van der Waals surface area contributed by atoms with Crippen LogP contribution in [0.25, 0.3) is 0 Å². The highest BCUT2D eigenvalue weighted by Gasteiger charge is 2.13. The minimum Gasteiger partial charge on any atom is -0.507 e. The summed E-state index contributed by atoms with van der Waals surface area (Å²) < 4.78 is 0. The Bertz CT molecular complexity index is 732.